The van der Waals surface area contributed by atoms with Crippen molar-refractivity contribution < 1.29 is 13.2 Å². The maximum atomic E-state index is 12.5. The minimum atomic E-state index is -3.06. The molecule has 1 atom stereocenters. The fourth-order valence-corrected chi connectivity index (χ4v) is 4.91. The molecule has 1 aliphatic heterocycles. The molecule has 1 N–H and O–H groups in total. The van der Waals surface area contributed by atoms with Gasteiger partial charge in [0, 0.05) is 17.0 Å². The van der Waals surface area contributed by atoms with Gasteiger partial charge in [-0.3, -0.25) is 4.79 Å². The third kappa shape index (κ3) is 3.45. The first-order chi connectivity index (χ1) is 12.9. The van der Waals surface area contributed by atoms with Gasteiger partial charge in [-0.25, -0.2) is 13.1 Å². The number of rotatable bonds is 4. The molecule has 1 fully saturated rings. The number of carbonyl (C=O) groups excluding carboxylic acids is 1. The molecule has 0 saturated carbocycles. The minimum absolute atomic E-state index is 0.0185. The van der Waals surface area contributed by atoms with Gasteiger partial charge < -0.3 is 5.32 Å². The zero-order valence-corrected chi connectivity index (χ0v) is 15.0. The van der Waals surface area contributed by atoms with E-state index in [0.717, 1.165) is 10.9 Å². The summed E-state index contributed by atoms with van der Waals surface area (Å²) < 4.78 is 24.8. The van der Waals surface area contributed by atoms with E-state index in [-0.39, 0.29) is 23.5 Å². The molecule has 1 aromatic heterocycles. The topological polar surface area (TPSA) is 110 Å². The molecule has 9 heteroatoms. The van der Waals surface area contributed by atoms with Crippen molar-refractivity contribution >= 4 is 32.3 Å². The molecular weight excluding hydrogens is 368 g/mol. The molecule has 4 rings (SSSR count). The SMILES string of the molecule is O=Nc1ccc2c(cnn2-c2cccc(C(=O)NC3CCS(=O)(=O)C3)c2)c1. The van der Waals surface area contributed by atoms with E-state index in [0.29, 0.717) is 23.4 Å². The van der Waals surface area contributed by atoms with Crippen molar-refractivity contribution in [3.63, 3.8) is 0 Å². The fraction of sp³-hybridized carbons (Fsp3) is 0.222. The van der Waals surface area contributed by atoms with E-state index in [9.17, 15) is 18.1 Å². The van der Waals surface area contributed by atoms with Crippen LogP contribution in [0.25, 0.3) is 16.6 Å². The first kappa shape index (κ1) is 17.3. The van der Waals surface area contributed by atoms with Crippen LogP contribution in [0.4, 0.5) is 5.69 Å². The summed E-state index contributed by atoms with van der Waals surface area (Å²) in [6.45, 7) is 0. The molecule has 0 bridgehead atoms. The second-order valence-corrected chi connectivity index (χ2v) is 8.74. The average molecular weight is 384 g/mol. The number of sulfone groups is 1. The highest BCUT2D eigenvalue weighted by Gasteiger charge is 2.29. The van der Waals surface area contributed by atoms with Crippen LogP contribution in [0.5, 0.6) is 0 Å². The summed E-state index contributed by atoms with van der Waals surface area (Å²) in [5.41, 5.74) is 2.21. The number of aromatic nitrogens is 2. The summed E-state index contributed by atoms with van der Waals surface area (Å²) in [6, 6.07) is 11.5. The number of hydrogen-bond acceptors (Lipinski definition) is 6. The second kappa shape index (κ2) is 6.58. The summed E-state index contributed by atoms with van der Waals surface area (Å²) in [5.74, 6) is -0.229. The van der Waals surface area contributed by atoms with Gasteiger partial charge in [-0.05, 0) is 48.0 Å². The van der Waals surface area contributed by atoms with E-state index in [4.69, 9.17) is 0 Å². The summed E-state index contributed by atoms with van der Waals surface area (Å²) in [5, 5.41) is 10.8. The molecule has 0 radical (unpaired) electrons. The highest BCUT2D eigenvalue weighted by atomic mass is 32.2. The van der Waals surface area contributed by atoms with Gasteiger partial charge in [-0.1, -0.05) is 6.07 Å². The zero-order chi connectivity index (χ0) is 19.0. The Balaban J connectivity index is 1.61. The molecule has 3 aromatic rings. The van der Waals surface area contributed by atoms with Gasteiger partial charge in [0.15, 0.2) is 9.84 Å². The Kier molecular flexibility index (Phi) is 4.23. The van der Waals surface area contributed by atoms with E-state index >= 15 is 0 Å². The first-order valence-corrected chi connectivity index (χ1v) is 10.2. The van der Waals surface area contributed by atoms with E-state index in [1.165, 1.54) is 0 Å². The number of hydrogen-bond donors (Lipinski definition) is 1. The van der Waals surface area contributed by atoms with Crippen LogP contribution in [0.15, 0.2) is 53.8 Å². The van der Waals surface area contributed by atoms with Crippen molar-refractivity contribution in [2.75, 3.05) is 11.5 Å². The molecular formula is C18H16N4O4S. The van der Waals surface area contributed by atoms with Crippen LogP contribution in [0.3, 0.4) is 0 Å². The van der Waals surface area contributed by atoms with Gasteiger partial charge >= 0.3 is 0 Å². The maximum Gasteiger partial charge on any atom is 0.251 e. The van der Waals surface area contributed by atoms with Crippen LogP contribution in [0, 0.1) is 4.91 Å². The van der Waals surface area contributed by atoms with Crippen LogP contribution in [0.2, 0.25) is 0 Å². The zero-order valence-electron chi connectivity index (χ0n) is 14.2. The predicted octanol–water partition coefficient (Wildman–Crippen LogP) is 2.34. The van der Waals surface area contributed by atoms with Crippen molar-refractivity contribution in [3.8, 4) is 5.69 Å². The minimum Gasteiger partial charge on any atom is -0.348 e. The van der Waals surface area contributed by atoms with Crippen LogP contribution < -0.4 is 5.32 Å². The lowest BCUT2D eigenvalue weighted by molar-refractivity contribution is 0.0941. The smallest absolute Gasteiger partial charge is 0.251 e. The largest absolute Gasteiger partial charge is 0.348 e. The van der Waals surface area contributed by atoms with Crippen molar-refractivity contribution in [1.29, 1.82) is 0 Å². The Morgan fingerprint density at radius 1 is 1.22 bits per heavy atom. The Morgan fingerprint density at radius 2 is 2.07 bits per heavy atom. The molecule has 2 aromatic carbocycles. The summed E-state index contributed by atoms with van der Waals surface area (Å²) in [6.07, 6.45) is 2.06. The van der Waals surface area contributed by atoms with Gasteiger partial charge in [0.1, 0.15) is 5.69 Å². The van der Waals surface area contributed by atoms with Crippen LogP contribution in [-0.4, -0.2) is 41.7 Å². The number of nitroso groups, excluding NO2 is 1. The molecule has 2 heterocycles. The van der Waals surface area contributed by atoms with Crippen molar-refractivity contribution in [3.05, 3.63) is 59.1 Å². The number of benzene rings is 2. The Bertz CT molecular complexity index is 1150. The number of carbonyl (C=O) groups is 1. The molecule has 1 amide bonds. The van der Waals surface area contributed by atoms with E-state index < -0.39 is 9.84 Å². The van der Waals surface area contributed by atoms with Crippen molar-refractivity contribution in [2.45, 2.75) is 12.5 Å². The van der Waals surface area contributed by atoms with E-state index in [1.54, 1.807) is 47.3 Å². The fourth-order valence-electron chi connectivity index (χ4n) is 3.24. The van der Waals surface area contributed by atoms with Crippen LogP contribution in [-0.2, 0) is 9.84 Å². The molecule has 1 saturated heterocycles. The lowest BCUT2D eigenvalue weighted by atomic mass is 10.1. The summed E-state index contributed by atoms with van der Waals surface area (Å²) in [4.78, 5) is 23.2. The lowest BCUT2D eigenvalue weighted by Gasteiger charge is -2.12. The normalized spacial score (nSPS) is 18.4. The quantitative estimate of drug-likeness (QED) is 0.694. The lowest BCUT2D eigenvalue weighted by Crippen LogP contribution is -2.35. The summed E-state index contributed by atoms with van der Waals surface area (Å²) in [7, 11) is -3.06. The predicted molar refractivity (Wildman–Crippen MR) is 101 cm³/mol. The van der Waals surface area contributed by atoms with Gasteiger partial charge in [0.05, 0.1) is 28.9 Å². The monoisotopic (exact) mass is 384 g/mol. The van der Waals surface area contributed by atoms with E-state index in [2.05, 4.69) is 15.6 Å². The Labute approximate surface area is 155 Å². The van der Waals surface area contributed by atoms with Crippen LogP contribution >= 0.6 is 0 Å². The van der Waals surface area contributed by atoms with Crippen molar-refractivity contribution in [1.82, 2.24) is 15.1 Å². The van der Waals surface area contributed by atoms with Gasteiger partial charge in [-0.2, -0.15) is 5.10 Å². The molecule has 0 spiro atoms. The van der Waals surface area contributed by atoms with E-state index in [1.807, 2.05) is 6.07 Å². The number of nitrogens with one attached hydrogen (secondary N) is 1. The van der Waals surface area contributed by atoms with Crippen molar-refractivity contribution in [2.24, 2.45) is 5.18 Å². The number of nitrogens with zero attached hydrogens (tertiary/aromatic N) is 3. The van der Waals surface area contributed by atoms with Gasteiger partial charge in [0.25, 0.3) is 5.91 Å². The number of amides is 1. The third-order valence-electron chi connectivity index (χ3n) is 4.58. The average Bonchev–Trinajstić information content (AvgIpc) is 3.23. The molecule has 1 unspecified atom stereocenters. The number of fused-ring (bicyclic) bond motifs is 1. The van der Waals surface area contributed by atoms with Gasteiger partial charge in [-0.15, -0.1) is 4.91 Å². The Hall–Kier alpha value is -3.07. The molecule has 27 heavy (non-hydrogen) atoms. The molecule has 0 aliphatic carbocycles. The third-order valence-corrected chi connectivity index (χ3v) is 6.35. The first-order valence-electron chi connectivity index (χ1n) is 8.38. The van der Waals surface area contributed by atoms with Gasteiger partial charge in [0.2, 0.25) is 0 Å². The Morgan fingerprint density at radius 3 is 2.81 bits per heavy atom. The second-order valence-electron chi connectivity index (χ2n) is 6.51. The molecule has 138 valence electrons. The standard InChI is InChI=1S/C18H16N4O4S/c23-18(20-15-6-7-27(25,26)11-15)12-2-1-3-16(9-12)22-17-5-4-14(21-24)8-13(17)10-19-22/h1-5,8-10,15H,6-7,11H2,(H,20,23). The highest BCUT2D eigenvalue weighted by Crippen LogP contribution is 2.23. The molecule has 8 nitrogen and oxygen atoms in total. The summed E-state index contributed by atoms with van der Waals surface area (Å²) >= 11 is 0. The highest BCUT2D eigenvalue weighted by molar-refractivity contribution is 7.91. The van der Waals surface area contributed by atoms with Crippen LogP contribution in [0.1, 0.15) is 16.8 Å². The molecule has 1 aliphatic rings. The maximum absolute atomic E-state index is 12.5.